The Morgan fingerprint density at radius 1 is 1.13 bits per heavy atom. The number of fused-ring (bicyclic) bond motifs is 1. The molecular formula is C21H21BrF6O2. The Hall–Kier alpha value is -1.35. The molecule has 1 aromatic carbocycles. The number of benzene rings is 1. The highest BCUT2D eigenvalue weighted by atomic mass is 79.9. The molecule has 1 fully saturated rings. The van der Waals surface area contributed by atoms with Crippen LogP contribution in [0.15, 0.2) is 24.3 Å². The molecule has 0 heterocycles. The van der Waals surface area contributed by atoms with E-state index in [4.69, 9.17) is 4.74 Å². The maximum atomic E-state index is 14.3. The third-order valence-corrected chi connectivity index (χ3v) is 6.54. The molecule has 166 valence electrons. The molecule has 0 N–H and O–H groups in total. The van der Waals surface area contributed by atoms with Gasteiger partial charge >= 0.3 is 12.4 Å². The molecule has 1 saturated carbocycles. The molecule has 0 radical (unpaired) electrons. The van der Waals surface area contributed by atoms with E-state index in [-0.39, 0.29) is 47.9 Å². The van der Waals surface area contributed by atoms with Crippen molar-refractivity contribution in [1.82, 2.24) is 0 Å². The molecule has 2 aliphatic rings. The van der Waals surface area contributed by atoms with Crippen LogP contribution in [0.2, 0.25) is 0 Å². The minimum Gasteiger partial charge on any atom is -0.369 e. The molecule has 2 nitrogen and oxygen atoms in total. The van der Waals surface area contributed by atoms with Gasteiger partial charge in [-0.2, -0.15) is 26.3 Å². The minimum atomic E-state index is -4.94. The second kappa shape index (κ2) is 8.30. The molecule has 0 aliphatic heterocycles. The SMILES string of the molecule is CC(Br)c1ccc2c(c1)C=CC(OC1CCC(C(F)(F)F)CC1)C2(C=O)C(F)(F)F. The van der Waals surface area contributed by atoms with Crippen LogP contribution in [-0.2, 0) is 14.9 Å². The summed E-state index contributed by atoms with van der Waals surface area (Å²) < 4.78 is 87.0. The minimum absolute atomic E-state index is 0.00575. The fourth-order valence-electron chi connectivity index (χ4n) is 4.24. The Morgan fingerprint density at radius 3 is 2.27 bits per heavy atom. The molecule has 0 aromatic heterocycles. The number of rotatable bonds is 4. The van der Waals surface area contributed by atoms with Gasteiger partial charge in [-0.15, -0.1) is 0 Å². The normalized spacial score (nSPS) is 30.6. The Kier molecular flexibility index (Phi) is 6.45. The lowest BCUT2D eigenvalue weighted by Crippen LogP contribution is -2.55. The van der Waals surface area contributed by atoms with Gasteiger partial charge in [0, 0.05) is 4.83 Å². The van der Waals surface area contributed by atoms with Gasteiger partial charge < -0.3 is 9.53 Å². The maximum Gasteiger partial charge on any atom is 0.407 e. The van der Waals surface area contributed by atoms with Crippen molar-refractivity contribution in [2.24, 2.45) is 5.92 Å². The highest BCUT2D eigenvalue weighted by Gasteiger charge is 2.63. The topological polar surface area (TPSA) is 26.3 Å². The van der Waals surface area contributed by atoms with Gasteiger partial charge in [-0.1, -0.05) is 46.3 Å². The van der Waals surface area contributed by atoms with Crippen molar-refractivity contribution in [3.05, 3.63) is 41.0 Å². The zero-order valence-corrected chi connectivity index (χ0v) is 17.7. The van der Waals surface area contributed by atoms with Gasteiger partial charge in [0.25, 0.3) is 0 Å². The van der Waals surface area contributed by atoms with Gasteiger partial charge in [-0.05, 0) is 49.3 Å². The maximum absolute atomic E-state index is 14.3. The highest BCUT2D eigenvalue weighted by molar-refractivity contribution is 9.09. The predicted octanol–water partition coefficient (Wildman–Crippen LogP) is 6.67. The fourth-order valence-corrected chi connectivity index (χ4v) is 4.52. The third kappa shape index (κ3) is 4.20. The van der Waals surface area contributed by atoms with Crippen molar-refractivity contribution in [3.63, 3.8) is 0 Å². The van der Waals surface area contributed by atoms with Crippen LogP contribution in [0, 0.1) is 5.92 Å². The van der Waals surface area contributed by atoms with Gasteiger partial charge in [-0.3, -0.25) is 0 Å². The molecule has 2 aliphatic carbocycles. The van der Waals surface area contributed by atoms with Gasteiger partial charge in [0.2, 0.25) is 0 Å². The highest BCUT2D eigenvalue weighted by Crippen LogP contribution is 2.49. The fraction of sp³-hybridized carbons (Fsp3) is 0.571. The van der Waals surface area contributed by atoms with Crippen molar-refractivity contribution >= 4 is 28.3 Å². The summed E-state index contributed by atoms with van der Waals surface area (Å²) in [4.78, 5) is 11.9. The molecule has 0 saturated heterocycles. The summed E-state index contributed by atoms with van der Waals surface area (Å²) in [5, 5.41) is 0. The lowest BCUT2D eigenvalue weighted by Gasteiger charge is -2.42. The summed E-state index contributed by atoms with van der Waals surface area (Å²) in [7, 11) is 0. The average molecular weight is 499 g/mol. The monoisotopic (exact) mass is 498 g/mol. The van der Waals surface area contributed by atoms with E-state index >= 15 is 0 Å². The van der Waals surface area contributed by atoms with Gasteiger partial charge in [0.05, 0.1) is 12.0 Å². The number of ether oxygens (including phenoxy) is 1. The van der Waals surface area contributed by atoms with E-state index in [0.29, 0.717) is 0 Å². The summed E-state index contributed by atoms with van der Waals surface area (Å²) in [6.07, 6.45) is -9.55. The lowest BCUT2D eigenvalue weighted by atomic mass is 9.70. The van der Waals surface area contributed by atoms with Crippen molar-refractivity contribution in [2.75, 3.05) is 0 Å². The van der Waals surface area contributed by atoms with Gasteiger partial charge in [-0.25, -0.2) is 0 Å². The van der Waals surface area contributed by atoms with E-state index < -0.39 is 35.9 Å². The van der Waals surface area contributed by atoms with Crippen LogP contribution < -0.4 is 0 Å². The summed E-state index contributed by atoms with van der Waals surface area (Å²) in [6, 6.07) is 4.39. The van der Waals surface area contributed by atoms with Crippen LogP contribution in [0.3, 0.4) is 0 Å². The second-order valence-corrected chi connectivity index (χ2v) is 9.25. The molecule has 1 aromatic rings. The molecule has 3 unspecified atom stereocenters. The number of hydrogen-bond acceptors (Lipinski definition) is 2. The summed E-state index contributed by atoms with van der Waals surface area (Å²) in [5.74, 6) is -1.47. The average Bonchev–Trinajstić information content (AvgIpc) is 2.66. The number of carbonyl (C=O) groups excluding carboxylic acids is 1. The van der Waals surface area contributed by atoms with Gasteiger partial charge in [0.1, 0.15) is 12.4 Å². The molecule has 9 heteroatoms. The van der Waals surface area contributed by atoms with Crippen LogP contribution in [0.4, 0.5) is 26.3 Å². The van der Waals surface area contributed by atoms with E-state index in [1.54, 1.807) is 6.07 Å². The summed E-state index contributed by atoms with van der Waals surface area (Å²) in [5.41, 5.74) is -2.10. The zero-order valence-electron chi connectivity index (χ0n) is 16.1. The zero-order chi connectivity index (χ0) is 22.3. The number of alkyl halides is 7. The quantitative estimate of drug-likeness (QED) is 0.263. The molecule has 0 spiro atoms. The molecule has 30 heavy (non-hydrogen) atoms. The van der Waals surface area contributed by atoms with Crippen LogP contribution in [0.1, 0.15) is 54.1 Å². The predicted molar refractivity (Wildman–Crippen MR) is 103 cm³/mol. The van der Waals surface area contributed by atoms with E-state index in [1.807, 2.05) is 6.92 Å². The Labute approximate surface area is 178 Å². The van der Waals surface area contributed by atoms with Crippen molar-refractivity contribution in [3.8, 4) is 0 Å². The summed E-state index contributed by atoms with van der Waals surface area (Å²) >= 11 is 3.37. The first kappa shape index (κ1) is 23.3. The number of halogens is 7. The first-order valence-electron chi connectivity index (χ1n) is 9.62. The molecule has 3 rings (SSSR count). The van der Waals surface area contributed by atoms with Crippen LogP contribution in [0.5, 0.6) is 0 Å². The number of hydrogen-bond donors (Lipinski definition) is 0. The third-order valence-electron chi connectivity index (χ3n) is 6.01. The smallest absolute Gasteiger partial charge is 0.369 e. The van der Waals surface area contributed by atoms with E-state index in [1.165, 1.54) is 24.3 Å². The number of carbonyl (C=O) groups is 1. The van der Waals surface area contributed by atoms with E-state index in [0.717, 1.165) is 5.56 Å². The van der Waals surface area contributed by atoms with Crippen molar-refractivity contribution in [2.45, 2.75) is 67.4 Å². The second-order valence-electron chi connectivity index (χ2n) is 7.88. The molecular weight excluding hydrogens is 478 g/mol. The Morgan fingerprint density at radius 2 is 1.77 bits per heavy atom. The molecule has 3 atom stereocenters. The largest absolute Gasteiger partial charge is 0.407 e. The Bertz CT molecular complexity index is 809. The van der Waals surface area contributed by atoms with Crippen LogP contribution in [0.25, 0.3) is 6.08 Å². The van der Waals surface area contributed by atoms with Gasteiger partial charge in [0.15, 0.2) is 5.41 Å². The van der Waals surface area contributed by atoms with Crippen LogP contribution in [-0.4, -0.2) is 30.8 Å². The van der Waals surface area contributed by atoms with Crippen molar-refractivity contribution < 1.29 is 35.9 Å². The standard InChI is InChI=1S/C21H21BrF6O2/c1-12(22)13-2-8-17-14(10-13)3-9-18(19(17,11-29)21(26,27)28)30-16-6-4-15(5-7-16)20(23,24)25/h2-3,8-12,15-16,18H,4-7H2,1H3. The molecule has 0 bridgehead atoms. The lowest BCUT2D eigenvalue weighted by molar-refractivity contribution is -0.220. The van der Waals surface area contributed by atoms with Crippen LogP contribution >= 0.6 is 15.9 Å². The number of aldehydes is 1. The summed E-state index contributed by atoms with van der Waals surface area (Å²) in [6.45, 7) is 1.83. The Balaban J connectivity index is 1.91. The van der Waals surface area contributed by atoms with Crippen molar-refractivity contribution in [1.29, 1.82) is 0 Å². The first-order chi connectivity index (χ1) is 13.9. The first-order valence-corrected chi connectivity index (χ1v) is 10.5. The molecule has 0 amide bonds. The van der Waals surface area contributed by atoms with E-state index in [2.05, 4.69) is 15.9 Å². The van der Waals surface area contributed by atoms with E-state index in [9.17, 15) is 31.1 Å².